The molecule has 0 aromatic heterocycles. The van der Waals surface area contributed by atoms with E-state index in [1.165, 1.54) is 5.56 Å². The van der Waals surface area contributed by atoms with Crippen LogP contribution < -0.4 is 10.2 Å². The van der Waals surface area contributed by atoms with Gasteiger partial charge in [-0.3, -0.25) is 9.59 Å². The molecule has 5 heteroatoms. The minimum Gasteiger partial charge on any atom is -0.356 e. The van der Waals surface area contributed by atoms with Crippen LogP contribution in [0.5, 0.6) is 0 Å². The molecule has 1 rings (SSSR count). The van der Waals surface area contributed by atoms with Gasteiger partial charge < -0.3 is 10.2 Å². The van der Waals surface area contributed by atoms with Crippen LogP contribution in [-0.4, -0.2) is 24.9 Å². The van der Waals surface area contributed by atoms with Gasteiger partial charge in [-0.15, -0.1) is 0 Å². The van der Waals surface area contributed by atoms with Gasteiger partial charge in [0.05, 0.1) is 12.5 Å². The second-order valence-electron chi connectivity index (χ2n) is 7.33. The number of anilines is 1. The summed E-state index contributed by atoms with van der Waals surface area (Å²) < 4.78 is 0. The number of nitrogens with one attached hydrogen (secondary N) is 1. The van der Waals surface area contributed by atoms with Crippen LogP contribution in [0.1, 0.15) is 51.2 Å². The molecule has 136 valence electrons. The Morgan fingerprint density at radius 1 is 1.20 bits per heavy atom. The fourth-order valence-electron chi connectivity index (χ4n) is 2.29. The van der Waals surface area contributed by atoms with Crippen LogP contribution in [0, 0.1) is 30.6 Å². The van der Waals surface area contributed by atoms with E-state index in [2.05, 4.69) is 11.4 Å². The average molecular weight is 343 g/mol. The summed E-state index contributed by atoms with van der Waals surface area (Å²) in [6.07, 6.45) is 1.21. The second-order valence-corrected chi connectivity index (χ2v) is 7.33. The third-order valence-corrected chi connectivity index (χ3v) is 4.08. The molecule has 0 bridgehead atoms. The van der Waals surface area contributed by atoms with Crippen LogP contribution in [0.3, 0.4) is 0 Å². The van der Waals surface area contributed by atoms with Crippen molar-refractivity contribution in [1.29, 1.82) is 5.26 Å². The van der Waals surface area contributed by atoms with Gasteiger partial charge in [-0.05, 0) is 43.5 Å². The smallest absolute Gasteiger partial charge is 0.227 e. The number of carbonyl (C=O) groups excluding carboxylic acids is 2. The lowest BCUT2D eigenvalue weighted by atomic mass is 9.96. The van der Waals surface area contributed by atoms with Gasteiger partial charge in [0, 0.05) is 30.6 Å². The van der Waals surface area contributed by atoms with Crippen molar-refractivity contribution in [3.8, 4) is 6.07 Å². The zero-order valence-corrected chi connectivity index (χ0v) is 16.0. The molecular weight excluding hydrogens is 314 g/mol. The van der Waals surface area contributed by atoms with Crippen LogP contribution in [-0.2, 0) is 9.59 Å². The Bertz CT molecular complexity index is 654. The molecule has 0 aliphatic heterocycles. The number of amides is 2. The SMILES string of the molecule is Cc1ccc(N(CCC#N)C(=O)CCCNC(=O)C(C)(C)C)cc1C. The van der Waals surface area contributed by atoms with Crippen molar-refractivity contribution in [2.45, 2.75) is 53.9 Å². The summed E-state index contributed by atoms with van der Waals surface area (Å²) in [6.45, 7) is 10.5. The van der Waals surface area contributed by atoms with Crippen LogP contribution in [0.2, 0.25) is 0 Å². The molecule has 2 amide bonds. The van der Waals surface area contributed by atoms with Crippen LogP contribution >= 0.6 is 0 Å². The van der Waals surface area contributed by atoms with E-state index in [1.54, 1.807) is 4.90 Å². The van der Waals surface area contributed by atoms with Gasteiger partial charge in [0.1, 0.15) is 0 Å². The Hall–Kier alpha value is -2.35. The van der Waals surface area contributed by atoms with Gasteiger partial charge >= 0.3 is 0 Å². The van der Waals surface area contributed by atoms with Crippen molar-refractivity contribution >= 4 is 17.5 Å². The summed E-state index contributed by atoms with van der Waals surface area (Å²) in [7, 11) is 0. The van der Waals surface area contributed by atoms with Gasteiger partial charge in [0.25, 0.3) is 0 Å². The molecule has 0 unspecified atom stereocenters. The average Bonchev–Trinajstić information content (AvgIpc) is 2.54. The van der Waals surface area contributed by atoms with Crippen molar-refractivity contribution in [3.05, 3.63) is 29.3 Å². The first-order valence-corrected chi connectivity index (χ1v) is 8.69. The summed E-state index contributed by atoms with van der Waals surface area (Å²) in [6, 6.07) is 7.98. The van der Waals surface area contributed by atoms with Crippen LogP contribution in [0.15, 0.2) is 18.2 Å². The highest BCUT2D eigenvalue weighted by Gasteiger charge is 2.21. The van der Waals surface area contributed by atoms with Crippen molar-refractivity contribution in [1.82, 2.24) is 5.32 Å². The highest BCUT2D eigenvalue weighted by Crippen LogP contribution is 2.20. The third-order valence-electron chi connectivity index (χ3n) is 4.08. The summed E-state index contributed by atoms with van der Waals surface area (Å²) in [4.78, 5) is 26.1. The van der Waals surface area contributed by atoms with Crippen LogP contribution in [0.4, 0.5) is 5.69 Å². The zero-order valence-electron chi connectivity index (χ0n) is 16.0. The molecule has 0 atom stereocenters. The molecule has 0 aliphatic rings. The number of hydrogen-bond acceptors (Lipinski definition) is 3. The molecule has 1 N–H and O–H groups in total. The van der Waals surface area contributed by atoms with E-state index in [1.807, 2.05) is 52.8 Å². The first kappa shape index (κ1) is 20.7. The van der Waals surface area contributed by atoms with Gasteiger partial charge in [0.2, 0.25) is 11.8 Å². The first-order chi connectivity index (χ1) is 11.7. The lowest BCUT2D eigenvalue weighted by Gasteiger charge is -2.23. The Morgan fingerprint density at radius 3 is 2.44 bits per heavy atom. The number of rotatable bonds is 7. The van der Waals surface area contributed by atoms with Crippen molar-refractivity contribution in [2.75, 3.05) is 18.0 Å². The maximum Gasteiger partial charge on any atom is 0.227 e. The number of benzene rings is 1. The van der Waals surface area contributed by atoms with E-state index >= 15 is 0 Å². The van der Waals surface area contributed by atoms with E-state index in [0.717, 1.165) is 11.3 Å². The Balaban J connectivity index is 2.67. The summed E-state index contributed by atoms with van der Waals surface area (Å²) >= 11 is 0. The number of nitrogens with zero attached hydrogens (tertiary/aromatic N) is 2. The Labute approximate surface area is 151 Å². The zero-order chi connectivity index (χ0) is 19.0. The maximum atomic E-state index is 12.6. The Morgan fingerprint density at radius 2 is 1.88 bits per heavy atom. The maximum absolute atomic E-state index is 12.6. The summed E-state index contributed by atoms with van der Waals surface area (Å²) in [5, 5.41) is 11.7. The minimum absolute atomic E-state index is 0.0181. The van der Waals surface area contributed by atoms with Crippen molar-refractivity contribution < 1.29 is 9.59 Å². The molecule has 0 spiro atoms. The molecule has 5 nitrogen and oxygen atoms in total. The van der Waals surface area contributed by atoms with Gasteiger partial charge in [-0.2, -0.15) is 5.26 Å². The van der Waals surface area contributed by atoms with E-state index in [4.69, 9.17) is 5.26 Å². The van der Waals surface area contributed by atoms with Gasteiger partial charge in [0.15, 0.2) is 0 Å². The predicted octanol–water partition coefficient (Wildman–Crippen LogP) is 3.49. The quantitative estimate of drug-likeness (QED) is 0.770. The standard InChI is InChI=1S/C20H29N3O2/c1-15-9-10-17(14-16(15)2)23(13-7-11-21)18(24)8-6-12-22-19(25)20(3,4)5/h9-10,14H,6-8,12-13H2,1-5H3,(H,22,25). The molecular formula is C20H29N3O2. The highest BCUT2D eigenvalue weighted by molar-refractivity contribution is 5.93. The van der Waals surface area contributed by atoms with Crippen molar-refractivity contribution in [3.63, 3.8) is 0 Å². The summed E-state index contributed by atoms with van der Waals surface area (Å²) in [5.41, 5.74) is 2.68. The van der Waals surface area contributed by atoms with E-state index in [0.29, 0.717) is 32.4 Å². The molecule has 0 saturated carbocycles. The third kappa shape index (κ3) is 6.58. The molecule has 0 heterocycles. The topological polar surface area (TPSA) is 73.2 Å². The second kappa shape index (κ2) is 9.22. The number of carbonyl (C=O) groups is 2. The van der Waals surface area contributed by atoms with E-state index in [-0.39, 0.29) is 11.8 Å². The number of hydrogen-bond donors (Lipinski definition) is 1. The van der Waals surface area contributed by atoms with E-state index < -0.39 is 5.41 Å². The largest absolute Gasteiger partial charge is 0.356 e. The van der Waals surface area contributed by atoms with Crippen molar-refractivity contribution in [2.24, 2.45) is 5.41 Å². The van der Waals surface area contributed by atoms with Gasteiger partial charge in [-0.25, -0.2) is 0 Å². The summed E-state index contributed by atoms with van der Waals surface area (Å²) in [5.74, 6) is -0.0426. The van der Waals surface area contributed by atoms with Gasteiger partial charge in [-0.1, -0.05) is 26.8 Å². The first-order valence-electron chi connectivity index (χ1n) is 8.69. The fourth-order valence-corrected chi connectivity index (χ4v) is 2.29. The molecule has 0 aliphatic carbocycles. The number of aryl methyl sites for hydroxylation is 2. The molecule has 25 heavy (non-hydrogen) atoms. The minimum atomic E-state index is -0.428. The predicted molar refractivity (Wildman–Crippen MR) is 100 cm³/mol. The molecule has 1 aromatic carbocycles. The highest BCUT2D eigenvalue weighted by atomic mass is 16.2. The molecule has 0 fully saturated rings. The molecule has 1 aromatic rings. The number of nitriles is 1. The monoisotopic (exact) mass is 343 g/mol. The Kier molecular flexibility index (Phi) is 7.63. The molecule has 0 radical (unpaired) electrons. The van der Waals surface area contributed by atoms with E-state index in [9.17, 15) is 9.59 Å². The normalized spacial score (nSPS) is 10.9. The van der Waals surface area contributed by atoms with Crippen LogP contribution in [0.25, 0.3) is 0 Å². The molecule has 0 saturated heterocycles. The lowest BCUT2D eigenvalue weighted by Crippen LogP contribution is -2.36. The lowest BCUT2D eigenvalue weighted by molar-refractivity contribution is -0.128. The fraction of sp³-hybridized carbons (Fsp3) is 0.550.